The fourth-order valence-electron chi connectivity index (χ4n) is 5.52. The lowest BCUT2D eigenvalue weighted by molar-refractivity contribution is -0.137. The molecule has 1 unspecified atom stereocenters. The van der Waals surface area contributed by atoms with Crippen LogP contribution in [0.1, 0.15) is 98.5 Å². The van der Waals surface area contributed by atoms with Gasteiger partial charge in [-0.05, 0) is 105 Å². The van der Waals surface area contributed by atoms with E-state index in [2.05, 4.69) is 110 Å². The van der Waals surface area contributed by atoms with Gasteiger partial charge in [0.2, 0.25) is 0 Å². The van der Waals surface area contributed by atoms with Crippen molar-refractivity contribution in [3.05, 3.63) is 48.0 Å². The Hall–Kier alpha value is -1.26. The van der Waals surface area contributed by atoms with Crippen molar-refractivity contribution in [3.8, 4) is 0 Å². The zero-order chi connectivity index (χ0) is 31.8. The standard InChI is InChI=1S/C35H62O5Si2/c1-34(2,3)41(7,8)39-28(23-22-27-18-14-13-15-19-27)24-25-30-29(20-16-11-12-17-21-33(37)38)31(36)26-32(30)40-42(9,10)35(4,5)6/h11,13-16,18-19,28-32,36H,12,17,20-26H2,1-10H3,(H,37,38)/t28?,29-,30-,31+,32-/m1/s1. The highest BCUT2D eigenvalue weighted by molar-refractivity contribution is 6.74. The van der Waals surface area contributed by atoms with Crippen molar-refractivity contribution in [2.45, 2.75) is 154 Å². The predicted octanol–water partition coefficient (Wildman–Crippen LogP) is 9.38. The fraction of sp³-hybridized carbons (Fsp3) is 0.743. The molecular weight excluding hydrogens is 557 g/mol. The van der Waals surface area contributed by atoms with Crippen molar-refractivity contribution in [1.82, 2.24) is 0 Å². The van der Waals surface area contributed by atoms with Crippen LogP contribution in [0.25, 0.3) is 0 Å². The number of carboxylic acid groups (broad SMARTS) is 1. The van der Waals surface area contributed by atoms with Gasteiger partial charge >= 0.3 is 5.97 Å². The number of allylic oxidation sites excluding steroid dienone is 2. The van der Waals surface area contributed by atoms with Crippen LogP contribution in [0.5, 0.6) is 0 Å². The van der Waals surface area contributed by atoms with Crippen LogP contribution < -0.4 is 0 Å². The Kier molecular flexibility index (Phi) is 13.8. The summed E-state index contributed by atoms with van der Waals surface area (Å²) in [7, 11) is -3.98. The van der Waals surface area contributed by atoms with Crippen LogP contribution in [0, 0.1) is 11.8 Å². The Bertz CT molecular complexity index is 977. The maximum Gasteiger partial charge on any atom is 0.303 e. The Morgan fingerprint density at radius 1 is 0.952 bits per heavy atom. The number of hydrogen-bond acceptors (Lipinski definition) is 4. The molecule has 2 rings (SSSR count). The van der Waals surface area contributed by atoms with Crippen molar-refractivity contribution in [2.24, 2.45) is 11.8 Å². The summed E-state index contributed by atoms with van der Waals surface area (Å²) in [5, 5.41) is 20.5. The van der Waals surface area contributed by atoms with Gasteiger partial charge in [-0.1, -0.05) is 84.0 Å². The second kappa shape index (κ2) is 15.6. The van der Waals surface area contributed by atoms with E-state index in [9.17, 15) is 9.90 Å². The summed E-state index contributed by atoms with van der Waals surface area (Å²) >= 11 is 0. The third kappa shape index (κ3) is 11.3. The number of carbonyl (C=O) groups is 1. The minimum absolute atomic E-state index is 0.0500. The summed E-state index contributed by atoms with van der Waals surface area (Å²) in [5.41, 5.74) is 1.35. The molecule has 2 N–H and O–H groups in total. The smallest absolute Gasteiger partial charge is 0.303 e. The van der Waals surface area contributed by atoms with Gasteiger partial charge in [-0.25, -0.2) is 0 Å². The summed E-state index contributed by atoms with van der Waals surface area (Å²) in [4.78, 5) is 10.9. The van der Waals surface area contributed by atoms with Crippen LogP contribution in [-0.4, -0.2) is 51.1 Å². The zero-order valence-corrected chi connectivity index (χ0v) is 30.4. The highest BCUT2D eigenvalue weighted by atomic mass is 28.4. The first-order valence-electron chi connectivity index (χ1n) is 16.3. The molecular formula is C35H62O5Si2. The van der Waals surface area contributed by atoms with E-state index in [1.807, 2.05) is 0 Å². The highest BCUT2D eigenvalue weighted by Gasteiger charge is 2.48. The van der Waals surface area contributed by atoms with E-state index >= 15 is 0 Å². The van der Waals surface area contributed by atoms with Crippen LogP contribution in [0.3, 0.4) is 0 Å². The van der Waals surface area contributed by atoms with Gasteiger partial charge in [0, 0.05) is 12.5 Å². The molecule has 0 aromatic heterocycles. The maximum atomic E-state index is 11.3. The van der Waals surface area contributed by atoms with Crippen molar-refractivity contribution in [2.75, 3.05) is 0 Å². The molecule has 0 radical (unpaired) electrons. The third-order valence-electron chi connectivity index (χ3n) is 10.3. The minimum atomic E-state index is -2.02. The molecule has 0 amide bonds. The van der Waals surface area contributed by atoms with Gasteiger partial charge in [-0.15, -0.1) is 0 Å². The lowest BCUT2D eigenvalue weighted by atomic mass is 9.85. The second-order valence-electron chi connectivity index (χ2n) is 15.6. The average Bonchev–Trinajstić information content (AvgIpc) is 3.14. The molecule has 7 heteroatoms. The van der Waals surface area contributed by atoms with Gasteiger partial charge < -0.3 is 19.1 Å². The van der Waals surface area contributed by atoms with Crippen molar-refractivity contribution < 1.29 is 23.9 Å². The van der Waals surface area contributed by atoms with E-state index in [1.165, 1.54) is 5.56 Å². The number of carboxylic acids is 1. The van der Waals surface area contributed by atoms with E-state index in [4.69, 9.17) is 14.0 Å². The van der Waals surface area contributed by atoms with Crippen LogP contribution in [-0.2, 0) is 20.1 Å². The van der Waals surface area contributed by atoms with Gasteiger partial charge in [-0.3, -0.25) is 4.79 Å². The number of aliphatic carboxylic acids is 1. The van der Waals surface area contributed by atoms with Crippen molar-refractivity contribution >= 4 is 22.6 Å². The van der Waals surface area contributed by atoms with Crippen molar-refractivity contribution in [3.63, 3.8) is 0 Å². The molecule has 1 fully saturated rings. The molecule has 5 atom stereocenters. The lowest BCUT2D eigenvalue weighted by Gasteiger charge is -2.41. The summed E-state index contributed by atoms with van der Waals surface area (Å²) in [5.74, 6) is -0.347. The third-order valence-corrected chi connectivity index (χ3v) is 19.3. The Morgan fingerprint density at radius 2 is 1.57 bits per heavy atom. The molecule has 1 saturated carbocycles. The molecule has 42 heavy (non-hydrogen) atoms. The van der Waals surface area contributed by atoms with Crippen LogP contribution in [0.15, 0.2) is 42.5 Å². The highest BCUT2D eigenvalue weighted by Crippen LogP contribution is 2.46. The van der Waals surface area contributed by atoms with Gasteiger partial charge in [0.15, 0.2) is 16.6 Å². The lowest BCUT2D eigenvalue weighted by Crippen LogP contribution is -2.45. The Labute approximate surface area is 259 Å². The number of benzene rings is 1. The number of hydrogen-bond donors (Lipinski definition) is 2. The molecule has 1 aliphatic rings. The molecule has 0 aliphatic heterocycles. The molecule has 0 bridgehead atoms. The monoisotopic (exact) mass is 618 g/mol. The zero-order valence-electron chi connectivity index (χ0n) is 28.4. The second-order valence-corrected chi connectivity index (χ2v) is 25.2. The molecule has 1 aliphatic carbocycles. The number of unbranched alkanes of at least 4 members (excludes halogenated alkanes) is 1. The van der Waals surface area contributed by atoms with Gasteiger partial charge in [0.1, 0.15) is 0 Å². The quantitative estimate of drug-likeness (QED) is 0.110. The first-order chi connectivity index (χ1) is 19.3. The van der Waals surface area contributed by atoms with E-state index in [0.29, 0.717) is 12.8 Å². The number of aliphatic hydroxyl groups excluding tert-OH is 1. The largest absolute Gasteiger partial charge is 0.481 e. The van der Waals surface area contributed by atoms with Crippen LogP contribution in [0.4, 0.5) is 0 Å². The normalized spacial score (nSPS) is 23.0. The summed E-state index contributed by atoms with van der Waals surface area (Å²) in [6, 6.07) is 10.7. The SMILES string of the molecule is CC(C)(C)[Si](C)(C)OC(CCc1ccccc1)CC[C@@H]1[C@@H](CC=CCCCC(=O)O)[C@@H](O)C[C@H]1O[Si](C)(C)C(C)(C)C. The Morgan fingerprint density at radius 3 is 2.14 bits per heavy atom. The topological polar surface area (TPSA) is 76.0 Å². The summed E-state index contributed by atoms with van der Waals surface area (Å²) in [6.45, 7) is 23.1. The van der Waals surface area contributed by atoms with E-state index in [0.717, 1.165) is 38.5 Å². The molecule has 1 aromatic rings. The predicted molar refractivity (Wildman–Crippen MR) is 181 cm³/mol. The van der Waals surface area contributed by atoms with Crippen molar-refractivity contribution in [1.29, 1.82) is 0 Å². The minimum Gasteiger partial charge on any atom is -0.481 e. The van der Waals surface area contributed by atoms with E-state index in [-0.39, 0.29) is 40.5 Å². The molecule has 1 aromatic carbocycles. The Balaban J connectivity index is 2.25. The first-order valence-corrected chi connectivity index (χ1v) is 22.1. The fourth-order valence-corrected chi connectivity index (χ4v) is 8.32. The summed E-state index contributed by atoms with van der Waals surface area (Å²) < 4.78 is 14.1. The van der Waals surface area contributed by atoms with E-state index < -0.39 is 28.7 Å². The van der Waals surface area contributed by atoms with Crippen LogP contribution in [0.2, 0.25) is 36.3 Å². The molecule has 240 valence electrons. The maximum absolute atomic E-state index is 11.3. The molecule has 0 saturated heterocycles. The molecule has 0 spiro atoms. The van der Waals surface area contributed by atoms with Crippen LogP contribution >= 0.6 is 0 Å². The van der Waals surface area contributed by atoms with Gasteiger partial charge in [-0.2, -0.15) is 0 Å². The molecule has 0 heterocycles. The van der Waals surface area contributed by atoms with E-state index in [1.54, 1.807) is 0 Å². The summed E-state index contributed by atoms with van der Waals surface area (Å²) in [6.07, 6.45) is 11.1. The number of aryl methyl sites for hydroxylation is 1. The molecule has 5 nitrogen and oxygen atoms in total. The first kappa shape index (κ1) is 36.9. The van der Waals surface area contributed by atoms with Gasteiger partial charge in [0.25, 0.3) is 0 Å². The number of rotatable bonds is 16. The van der Waals surface area contributed by atoms with Gasteiger partial charge in [0.05, 0.1) is 12.2 Å². The average molecular weight is 619 g/mol. The number of aliphatic hydroxyl groups is 1.